The van der Waals surface area contributed by atoms with Gasteiger partial charge in [-0.25, -0.2) is 4.98 Å². The molecule has 1 aromatic rings. The maximum Gasteiger partial charge on any atom is 0.126 e. The molecule has 0 aliphatic heterocycles. The minimum Gasteiger partial charge on any atom is -0.247 e. The van der Waals surface area contributed by atoms with E-state index in [0.29, 0.717) is 0 Å². The van der Waals surface area contributed by atoms with Crippen molar-refractivity contribution in [2.45, 2.75) is 11.8 Å². The van der Waals surface area contributed by atoms with E-state index in [0.717, 1.165) is 10.6 Å². The Bertz CT molecular complexity index is 296. The first-order valence-corrected chi connectivity index (χ1v) is 4.52. The summed E-state index contributed by atoms with van der Waals surface area (Å²) in [5.41, 5.74) is 0.877. The number of hydrogen-bond acceptors (Lipinski definition) is 2. The molecule has 0 spiro atoms. The van der Waals surface area contributed by atoms with Crippen LogP contribution in [-0.2, 0) is 0 Å². The predicted octanol–water partition coefficient (Wildman–Crippen LogP) is 2.17. The molecule has 0 bridgehead atoms. The second-order valence-corrected chi connectivity index (χ2v) is 2.78. The largest absolute Gasteiger partial charge is 0.247 e. The van der Waals surface area contributed by atoms with E-state index in [-0.39, 0.29) is 0 Å². The van der Waals surface area contributed by atoms with E-state index in [4.69, 9.17) is 0 Å². The molecular formula is C9H9NS. The van der Waals surface area contributed by atoms with Gasteiger partial charge in [-0.3, -0.25) is 0 Å². The first-order valence-electron chi connectivity index (χ1n) is 3.30. The van der Waals surface area contributed by atoms with E-state index in [1.54, 1.807) is 18.0 Å². The van der Waals surface area contributed by atoms with Crippen molar-refractivity contribution in [2.24, 2.45) is 0 Å². The van der Waals surface area contributed by atoms with Gasteiger partial charge in [0, 0.05) is 11.1 Å². The number of pyridine rings is 1. The van der Waals surface area contributed by atoms with Crippen LogP contribution < -0.4 is 0 Å². The molecule has 0 unspecified atom stereocenters. The zero-order valence-electron chi connectivity index (χ0n) is 6.59. The third-order valence-corrected chi connectivity index (χ3v) is 2.00. The van der Waals surface area contributed by atoms with E-state index in [1.807, 2.05) is 25.3 Å². The molecule has 11 heavy (non-hydrogen) atoms. The molecule has 0 amide bonds. The molecule has 1 heterocycles. The van der Waals surface area contributed by atoms with Crippen molar-refractivity contribution >= 4 is 11.8 Å². The maximum atomic E-state index is 4.14. The predicted molar refractivity (Wildman–Crippen MR) is 48.6 cm³/mol. The number of aromatic nitrogens is 1. The van der Waals surface area contributed by atoms with Gasteiger partial charge in [0.15, 0.2) is 0 Å². The Morgan fingerprint density at radius 2 is 2.36 bits per heavy atom. The van der Waals surface area contributed by atoms with Gasteiger partial charge in [0.05, 0.1) is 0 Å². The molecule has 0 atom stereocenters. The topological polar surface area (TPSA) is 12.9 Å². The molecule has 0 aromatic carbocycles. The second kappa shape index (κ2) is 4.05. The van der Waals surface area contributed by atoms with Gasteiger partial charge < -0.3 is 0 Å². The van der Waals surface area contributed by atoms with E-state index in [9.17, 15) is 0 Å². The smallest absolute Gasteiger partial charge is 0.126 e. The van der Waals surface area contributed by atoms with Crippen molar-refractivity contribution in [3.8, 4) is 11.8 Å². The van der Waals surface area contributed by atoms with Crippen LogP contribution in [0.5, 0.6) is 0 Å². The summed E-state index contributed by atoms with van der Waals surface area (Å²) in [7, 11) is 0. The number of hydrogen-bond donors (Lipinski definition) is 0. The van der Waals surface area contributed by atoms with Gasteiger partial charge in [-0.05, 0) is 31.2 Å². The van der Waals surface area contributed by atoms with Crippen LogP contribution in [-0.4, -0.2) is 11.2 Å². The molecular weight excluding hydrogens is 154 g/mol. The summed E-state index contributed by atoms with van der Waals surface area (Å²) in [5.74, 6) is 5.78. The number of rotatable bonds is 1. The van der Waals surface area contributed by atoms with E-state index in [1.165, 1.54) is 0 Å². The average molecular weight is 163 g/mol. The Labute approximate surface area is 71.2 Å². The first kappa shape index (κ1) is 8.16. The van der Waals surface area contributed by atoms with Gasteiger partial charge in [-0.15, -0.1) is 11.8 Å². The first-order chi connectivity index (χ1) is 5.38. The molecule has 0 saturated heterocycles. The Balaban J connectivity index is 3.09. The third-order valence-electron chi connectivity index (χ3n) is 1.23. The normalized spacial score (nSPS) is 8.55. The highest BCUT2D eigenvalue weighted by Gasteiger charge is 1.95. The van der Waals surface area contributed by atoms with Gasteiger partial charge >= 0.3 is 0 Å². The highest BCUT2D eigenvalue weighted by atomic mass is 32.2. The maximum absolute atomic E-state index is 4.14. The minimum atomic E-state index is 0.877. The van der Waals surface area contributed by atoms with Crippen LogP contribution in [0.2, 0.25) is 0 Å². The van der Waals surface area contributed by atoms with Crippen LogP contribution >= 0.6 is 11.8 Å². The third kappa shape index (κ3) is 1.99. The Hall–Kier alpha value is -0.940. The van der Waals surface area contributed by atoms with E-state index >= 15 is 0 Å². The summed E-state index contributed by atoms with van der Waals surface area (Å²) in [4.78, 5) is 5.29. The molecule has 0 N–H and O–H groups in total. The average Bonchev–Trinajstić information content (AvgIpc) is 2.06. The molecule has 0 aliphatic carbocycles. The lowest BCUT2D eigenvalue weighted by molar-refractivity contribution is 1.20. The van der Waals surface area contributed by atoms with Crippen molar-refractivity contribution in [1.82, 2.24) is 4.98 Å². The summed E-state index contributed by atoms with van der Waals surface area (Å²) in [6, 6.07) is 3.95. The Morgan fingerprint density at radius 3 is 3.00 bits per heavy atom. The van der Waals surface area contributed by atoms with Gasteiger partial charge in [0.2, 0.25) is 0 Å². The fraction of sp³-hybridized carbons (Fsp3) is 0.222. The number of nitrogens with zero attached hydrogens (tertiary/aromatic N) is 1. The van der Waals surface area contributed by atoms with E-state index < -0.39 is 0 Å². The molecule has 1 aromatic heterocycles. The summed E-state index contributed by atoms with van der Waals surface area (Å²) in [6.07, 6.45) is 3.79. The van der Waals surface area contributed by atoms with Gasteiger partial charge in [-0.1, -0.05) is 5.92 Å². The van der Waals surface area contributed by atoms with E-state index in [2.05, 4.69) is 16.8 Å². The molecule has 2 heteroatoms. The molecule has 1 nitrogen and oxygen atoms in total. The summed E-state index contributed by atoms with van der Waals surface area (Å²) < 4.78 is 0. The zero-order valence-corrected chi connectivity index (χ0v) is 7.40. The van der Waals surface area contributed by atoms with Gasteiger partial charge in [0.1, 0.15) is 5.69 Å². The van der Waals surface area contributed by atoms with Crippen LogP contribution in [0.3, 0.4) is 0 Å². The Kier molecular flexibility index (Phi) is 3.00. The number of thioether (sulfide) groups is 1. The lowest BCUT2D eigenvalue weighted by atomic mass is 10.3. The summed E-state index contributed by atoms with van der Waals surface area (Å²) in [5, 5.41) is 0. The zero-order chi connectivity index (χ0) is 8.10. The van der Waals surface area contributed by atoms with Crippen molar-refractivity contribution in [2.75, 3.05) is 6.26 Å². The fourth-order valence-corrected chi connectivity index (χ4v) is 1.28. The SMILES string of the molecule is CC#Cc1ncccc1SC. The van der Waals surface area contributed by atoms with Crippen LogP contribution in [0, 0.1) is 11.8 Å². The fourth-order valence-electron chi connectivity index (χ4n) is 0.768. The lowest BCUT2D eigenvalue weighted by Gasteiger charge is -1.96. The van der Waals surface area contributed by atoms with Crippen molar-refractivity contribution in [1.29, 1.82) is 0 Å². The van der Waals surface area contributed by atoms with Crippen molar-refractivity contribution in [3.05, 3.63) is 24.0 Å². The summed E-state index contributed by atoms with van der Waals surface area (Å²) >= 11 is 1.67. The lowest BCUT2D eigenvalue weighted by Crippen LogP contribution is -1.83. The molecule has 56 valence electrons. The highest BCUT2D eigenvalue weighted by Crippen LogP contribution is 2.16. The van der Waals surface area contributed by atoms with Crippen molar-refractivity contribution < 1.29 is 0 Å². The van der Waals surface area contributed by atoms with Crippen LogP contribution in [0.4, 0.5) is 0 Å². The van der Waals surface area contributed by atoms with Crippen LogP contribution in [0.25, 0.3) is 0 Å². The molecule has 0 radical (unpaired) electrons. The molecule has 1 rings (SSSR count). The summed E-state index contributed by atoms with van der Waals surface area (Å²) in [6.45, 7) is 1.82. The van der Waals surface area contributed by atoms with Crippen LogP contribution in [0.1, 0.15) is 12.6 Å². The molecule has 0 aliphatic rings. The standard InChI is InChI=1S/C9H9NS/c1-3-5-8-9(11-2)6-4-7-10-8/h4,6-7H,1-2H3. The Morgan fingerprint density at radius 1 is 1.55 bits per heavy atom. The molecule has 0 fully saturated rings. The second-order valence-electron chi connectivity index (χ2n) is 1.93. The minimum absolute atomic E-state index is 0.877. The highest BCUT2D eigenvalue weighted by molar-refractivity contribution is 7.98. The molecule has 0 saturated carbocycles. The van der Waals surface area contributed by atoms with Crippen molar-refractivity contribution in [3.63, 3.8) is 0 Å². The van der Waals surface area contributed by atoms with Gasteiger partial charge in [-0.2, -0.15) is 0 Å². The quantitative estimate of drug-likeness (QED) is 0.465. The van der Waals surface area contributed by atoms with Crippen LogP contribution in [0.15, 0.2) is 23.2 Å². The monoisotopic (exact) mass is 163 g/mol. The van der Waals surface area contributed by atoms with Gasteiger partial charge in [0.25, 0.3) is 0 Å².